The second kappa shape index (κ2) is 5.58. The van der Waals surface area contributed by atoms with Gasteiger partial charge in [-0.2, -0.15) is 5.10 Å². The van der Waals surface area contributed by atoms with Crippen LogP contribution in [0.2, 0.25) is 0 Å². The molecule has 0 bridgehead atoms. The molecule has 132 valence electrons. The van der Waals surface area contributed by atoms with E-state index in [-0.39, 0.29) is 29.9 Å². The van der Waals surface area contributed by atoms with Gasteiger partial charge in [0.2, 0.25) is 5.91 Å². The lowest BCUT2D eigenvalue weighted by molar-refractivity contribution is -0.165. The summed E-state index contributed by atoms with van der Waals surface area (Å²) in [5.41, 5.74) is 0.938. The molecule has 3 heterocycles. The Morgan fingerprint density at radius 2 is 2.04 bits per heavy atom. The van der Waals surface area contributed by atoms with E-state index < -0.39 is 5.60 Å². The van der Waals surface area contributed by atoms with Gasteiger partial charge in [0.1, 0.15) is 12.2 Å². The Morgan fingerprint density at radius 1 is 1.38 bits per heavy atom. The maximum atomic E-state index is 12.7. The van der Waals surface area contributed by atoms with Crippen LogP contribution in [0.5, 0.6) is 0 Å². The van der Waals surface area contributed by atoms with Crippen molar-refractivity contribution >= 4 is 11.8 Å². The molecular weight excluding hydrogens is 308 g/mol. The minimum absolute atomic E-state index is 0.0676. The van der Waals surface area contributed by atoms with Gasteiger partial charge in [0.15, 0.2) is 5.69 Å². The van der Waals surface area contributed by atoms with Crippen molar-refractivity contribution in [2.75, 3.05) is 26.2 Å². The number of hydrogen-bond acceptors (Lipinski definition) is 4. The predicted octanol–water partition coefficient (Wildman–Crippen LogP) is 1.10. The van der Waals surface area contributed by atoms with Crippen molar-refractivity contribution in [1.82, 2.24) is 20.0 Å². The van der Waals surface area contributed by atoms with E-state index in [1.807, 2.05) is 10.7 Å². The van der Waals surface area contributed by atoms with Gasteiger partial charge < -0.3 is 15.0 Å². The standard InChI is InChI=1S/C17H26N4O3/c1-11(2)13-6-12(19-21(13)16(3,4)5)15(23)20-9-17(10-20)8-18-14(22)7-24-17/h6,11H,7-10H2,1-5H3,(H,18,22). The largest absolute Gasteiger partial charge is 0.360 e. The first-order valence-corrected chi connectivity index (χ1v) is 8.42. The molecule has 1 aromatic heterocycles. The number of hydrogen-bond donors (Lipinski definition) is 1. The number of amides is 2. The number of nitrogens with one attached hydrogen (secondary N) is 1. The molecule has 3 rings (SSSR count). The molecular formula is C17H26N4O3. The Labute approximate surface area is 142 Å². The van der Waals surface area contributed by atoms with Gasteiger partial charge in [-0.3, -0.25) is 14.3 Å². The van der Waals surface area contributed by atoms with Gasteiger partial charge in [0, 0.05) is 5.69 Å². The second-order valence-corrected chi connectivity index (χ2v) is 8.10. The van der Waals surface area contributed by atoms with Gasteiger partial charge in [0.05, 0.1) is 25.2 Å². The van der Waals surface area contributed by atoms with Gasteiger partial charge in [0.25, 0.3) is 5.91 Å². The molecule has 24 heavy (non-hydrogen) atoms. The van der Waals surface area contributed by atoms with Crippen LogP contribution in [0, 0.1) is 0 Å². The van der Waals surface area contributed by atoms with E-state index >= 15 is 0 Å². The lowest BCUT2D eigenvalue weighted by atomic mass is 9.92. The molecule has 0 aromatic carbocycles. The van der Waals surface area contributed by atoms with Crippen LogP contribution in [-0.2, 0) is 15.1 Å². The van der Waals surface area contributed by atoms with E-state index in [1.165, 1.54) is 0 Å². The summed E-state index contributed by atoms with van der Waals surface area (Å²) in [6.07, 6.45) is 0. The topological polar surface area (TPSA) is 76.5 Å². The SMILES string of the molecule is CC(C)c1cc(C(=O)N2CC3(CNC(=O)CO3)C2)nn1C(C)(C)C. The van der Waals surface area contributed by atoms with Crippen molar-refractivity contribution < 1.29 is 14.3 Å². The highest BCUT2D eigenvalue weighted by Crippen LogP contribution is 2.29. The summed E-state index contributed by atoms with van der Waals surface area (Å²) in [7, 11) is 0. The highest BCUT2D eigenvalue weighted by molar-refractivity contribution is 5.93. The first kappa shape index (κ1) is 17.0. The van der Waals surface area contributed by atoms with Crippen LogP contribution in [0.25, 0.3) is 0 Å². The van der Waals surface area contributed by atoms with Crippen LogP contribution < -0.4 is 5.32 Å². The molecule has 2 saturated heterocycles. The zero-order valence-electron chi connectivity index (χ0n) is 15.0. The third kappa shape index (κ3) is 2.92. The molecule has 2 aliphatic rings. The summed E-state index contributed by atoms with van der Waals surface area (Å²) < 4.78 is 7.56. The first-order chi connectivity index (χ1) is 11.1. The van der Waals surface area contributed by atoms with Crippen molar-refractivity contribution in [2.45, 2.75) is 51.7 Å². The minimum atomic E-state index is -0.420. The van der Waals surface area contributed by atoms with Crippen LogP contribution in [0.4, 0.5) is 0 Å². The molecule has 2 amide bonds. The van der Waals surface area contributed by atoms with Gasteiger partial charge in [-0.25, -0.2) is 0 Å². The van der Waals surface area contributed by atoms with E-state index in [9.17, 15) is 9.59 Å². The lowest BCUT2D eigenvalue weighted by Gasteiger charge is -2.50. The van der Waals surface area contributed by atoms with Crippen LogP contribution in [0.3, 0.4) is 0 Å². The number of nitrogens with zero attached hydrogens (tertiary/aromatic N) is 3. The molecule has 1 aromatic rings. The quantitative estimate of drug-likeness (QED) is 0.879. The number of morpholine rings is 1. The van der Waals surface area contributed by atoms with Crippen LogP contribution >= 0.6 is 0 Å². The Hall–Kier alpha value is -1.89. The molecule has 7 nitrogen and oxygen atoms in total. The molecule has 1 N–H and O–H groups in total. The Morgan fingerprint density at radius 3 is 2.50 bits per heavy atom. The summed E-state index contributed by atoms with van der Waals surface area (Å²) in [5, 5.41) is 7.37. The molecule has 2 fully saturated rings. The molecule has 1 spiro atoms. The summed E-state index contributed by atoms with van der Waals surface area (Å²) in [6, 6.07) is 1.90. The second-order valence-electron chi connectivity index (χ2n) is 8.10. The molecule has 7 heteroatoms. The average Bonchev–Trinajstić information content (AvgIpc) is 2.91. The fourth-order valence-corrected chi connectivity index (χ4v) is 3.19. The highest BCUT2D eigenvalue weighted by Gasteiger charge is 2.49. The van der Waals surface area contributed by atoms with E-state index in [0.29, 0.717) is 25.3 Å². The number of likely N-dealkylation sites (tertiary alicyclic amines) is 1. The maximum Gasteiger partial charge on any atom is 0.274 e. The zero-order valence-corrected chi connectivity index (χ0v) is 15.0. The van der Waals surface area contributed by atoms with E-state index in [2.05, 4.69) is 45.0 Å². The average molecular weight is 334 g/mol. The van der Waals surface area contributed by atoms with E-state index in [0.717, 1.165) is 5.69 Å². The summed E-state index contributed by atoms with van der Waals surface area (Å²) in [4.78, 5) is 25.7. The van der Waals surface area contributed by atoms with Crippen LogP contribution in [-0.4, -0.2) is 58.3 Å². The fraction of sp³-hybridized carbons (Fsp3) is 0.706. The third-order valence-corrected chi connectivity index (χ3v) is 4.55. The highest BCUT2D eigenvalue weighted by atomic mass is 16.5. The van der Waals surface area contributed by atoms with Gasteiger partial charge in [-0.05, 0) is 32.8 Å². The van der Waals surface area contributed by atoms with E-state index in [4.69, 9.17) is 4.74 Å². The number of aromatic nitrogens is 2. The number of ether oxygens (including phenoxy) is 1. The van der Waals surface area contributed by atoms with Crippen molar-refractivity contribution in [3.05, 3.63) is 17.5 Å². The number of rotatable bonds is 2. The Bertz CT molecular complexity index is 654. The molecule has 0 atom stereocenters. The zero-order chi connectivity index (χ0) is 17.7. The summed E-state index contributed by atoms with van der Waals surface area (Å²) in [5.74, 6) is 0.111. The monoisotopic (exact) mass is 334 g/mol. The Balaban J connectivity index is 1.74. The predicted molar refractivity (Wildman–Crippen MR) is 88.9 cm³/mol. The smallest absolute Gasteiger partial charge is 0.274 e. The molecule has 2 aliphatic heterocycles. The number of carbonyl (C=O) groups is 2. The normalized spacial score (nSPS) is 20.2. The summed E-state index contributed by atoms with van der Waals surface area (Å²) >= 11 is 0. The summed E-state index contributed by atoms with van der Waals surface area (Å²) in [6.45, 7) is 12.0. The van der Waals surface area contributed by atoms with Crippen molar-refractivity contribution in [3.8, 4) is 0 Å². The van der Waals surface area contributed by atoms with Crippen molar-refractivity contribution in [3.63, 3.8) is 0 Å². The van der Waals surface area contributed by atoms with Gasteiger partial charge >= 0.3 is 0 Å². The van der Waals surface area contributed by atoms with Crippen LogP contribution in [0.15, 0.2) is 6.07 Å². The van der Waals surface area contributed by atoms with Gasteiger partial charge in [-0.1, -0.05) is 13.8 Å². The molecule has 0 saturated carbocycles. The first-order valence-electron chi connectivity index (χ1n) is 8.42. The lowest BCUT2D eigenvalue weighted by Crippen LogP contribution is -2.71. The Kier molecular flexibility index (Phi) is 3.94. The van der Waals surface area contributed by atoms with Crippen LogP contribution in [0.1, 0.15) is 56.7 Å². The third-order valence-electron chi connectivity index (χ3n) is 4.55. The van der Waals surface area contributed by atoms with Crippen molar-refractivity contribution in [2.24, 2.45) is 0 Å². The van der Waals surface area contributed by atoms with Crippen molar-refractivity contribution in [1.29, 1.82) is 0 Å². The molecule has 0 unspecified atom stereocenters. The maximum absolute atomic E-state index is 12.7. The number of carbonyl (C=O) groups excluding carboxylic acids is 2. The molecule has 0 aliphatic carbocycles. The minimum Gasteiger partial charge on any atom is -0.360 e. The molecule has 0 radical (unpaired) electrons. The van der Waals surface area contributed by atoms with E-state index in [1.54, 1.807) is 4.90 Å². The fourth-order valence-electron chi connectivity index (χ4n) is 3.19. The van der Waals surface area contributed by atoms with Gasteiger partial charge in [-0.15, -0.1) is 0 Å².